The number of nitrogens with one attached hydrogen (secondary N) is 3. The maximum Gasteiger partial charge on any atom is 0.272 e. The Bertz CT molecular complexity index is 1570. The molecule has 0 aliphatic heterocycles. The highest BCUT2D eigenvalue weighted by Gasteiger charge is 2.17. The highest BCUT2D eigenvalue weighted by Crippen LogP contribution is 2.27. The fourth-order valence-corrected chi connectivity index (χ4v) is 4.91. The number of anilines is 3. The van der Waals surface area contributed by atoms with Crippen molar-refractivity contribution < 1.29 is 14.4 Å². The molecule has 1 unspecified atom stereocenters. The molecule has 4 aromatic carbocycles. The summed E-state index contributed by atoms with van der Waals surface area (Å²) in [5, 5.41) is 8.70. The topological polar surface area (TPSA) is 90.5 Å². The van der Waals surface area contributed by atoms with E-state index in [1.54, 1.807) is 72.8 Å². The summed E-state index contributed by atoms with van der Waals surface area (Å²) in [7, 11) is 3.89. The predicted octanol–water partition coefficient (Wildman–Crippen LogP) is 6.93. The SMILES string of the molecule is CC(Sc1cccc(NC(=O)/C(=C\c2ccc(N(C)C)cc2)NC(=O)c2ccccc2)c1)C(=O)Nc1ccc(Cl)cc1. The zero-order valence-electron chi connectivity index (χ0n) is 23.4. The summed E-state index contributed by atoms with van der Waals surface area (Å²) in [6, 6.07) is 30.5. The van der Waals surface area contributed by atoms with Crippen LogP contribution in [0.15, 0.2) is 114 Å². The molecule has 4 aromatic rings. The average Bonchev–Trinajstić information content (AvgIpc) is 2.98. The molecule has 0 heterocycles. The molecule has 42 heavy (non-hydrogen) atoms. The molecule has 9 heteroatoms. The third-order valence-electron chi connectivity index (χ3n) is 6.14. The number of nitrogens with zero attached hydrogens (tertiary/aromatic N) is 1. The second kappa shape index (κ2) is 14.4. The lowest BCUT2D eigenvalue weighted by Gasteiger charge is -2.15. The van der Waals surface area contributed by atoms with Crippen molar-refractivity contribution in [3.63, 3.8) is 0 Å². The molecule has 0 spiro atoms. The van der Waals surface area contributed by atoms with E-state index in [0.717, 1.165) is 16.1 Å². The quantitative estimate of drug-likeness (QED) is 0.136. The number of benzene rings is 4. The van der Waals surface area contributed by atoms with Gasteiger partial charge in [0, 0.05) is 46.6 Å². The minimum atomic E-state index is -0.480. The molecule has 0 saturated carbocycles. The molecule has 1 atom stereocenters. The molecule has 0 aromatic heterocycles. The number of hydrogen-bond donors (Lipinski definition) is 3. The monoisotopic (exact) mass is 598 g/mol. The largest absolute Gasteiger partial charge is 0.378 e. The lowest BCUT2D eigenvalue weighted by Crippen LogP contribution is -2.30. The van der Waals surface area contributed by atoms with Crippen molar-refractivity contribution in [1.29, 1.82) is 0 Å². The number of halogens is 1. The van der Waals surface area contributed by atoms with Crippen LogP contribution in [0.3, 0.4) is 0 Å². The Morgan fingerprint density at radius 2 is 1.50 bits per heavy atom. The summed E-state index contributed by atoms with van der Waals surface area (Å²) in [5.74, 6) is -1.04. The Morgan fingerprint density at radius 1 is 0.810 bits per heavy atom. The average molecular weight is 599 g/mol. The van der Waals surface area contributed by atoms with E-state index >= 15 is 0 Å². The molecular formula is C33H31ClN4O3S. The van der Waals surface area contributed by atoms with Crippen molar-refractivity contribution >= 4 is 64.2 Å². The summed E-state index contributed by atoms with van der Waals surface area (Å²) < 4.78 is 0. The van der Waals surface area contributed by atoms with Gasteiger partial charge in [0.15, 0.2) is 0 Å². The molecule has 7 nitrogen and oxygen atoms in total. The van der Waals surface area contributed by atoms with Gasteiger partial charge < -0.3 is 20.9 Å². The van der Waals surface area contributed by atoms with Crippen LogP contribution >= 0.6 is 23.4 Å². The molecule has 214 valence electrons. The van der Waals surface area contributed by atoms with Crippen LogP contribution in [0.5, 0.6) is 0 Å². The number of carbonyl (C=O) groups is 3. The highest BCUT2D eigenvalue weighted by molar-refractivity contribution is 8.00. The van der Waals surface area contributed by atoms with Gasteiger partial charge in [-0.05, 0) is 85.3 Å². The summed E-state index contributed by atoms with van der Waals surface area (Å²) in [5.41, 5.74) is 3.48. The Kier molecular flexibility index (Phi) is 10.4. The smallest absolute Gasteiger partial charge is 0.272 e. The van der Waals surface area contributed by atoms with E-state index in [-0.39, 0.29) is 11.6 Å². The van der Waals surface area contributed by atoms with Gasteiger partial charge in [-0.3, -0.25) is 14.4 Å². The Labute approximate surface area is 255 Å². The number of hydrogen-bond acceptors (Lipinski definition) is 5. The maximum atomic E-state index is 13.4. The van der Waals surface area contributed by atoms with E-state index in [2.05, 4.69) is 16.0 Å². The van der Waals surface area contributed by atoms with Gasteiger partial charge >= 0.3 is 0 Å². The van der Waals surface area contributed by atoms with Crippen molar-refractivity contribution in [3.8, 4) is 0 Å². The third kappa shape index (κ3) is 8.73. The minimum absolute atomic E-state index is 0.0928. The standard InChI is InChI=1S/C33H31ClN4O3S/c1-22(31(39)35-26-16-14-25(34)15-17-26)42-29-11-7-10-27(21-29)36-33(41)30(37-32(40)24-8-5-4-6-9-24)20-23-12-18-28(19-13-23)38(2)3/h4-22H,1-3H3,(H,35,39)(H,36,41)(H,37,40)/b30-20+. The van der Waals surface area contributed by atoms with Crippen LogP contribution in [0.25, 0.3) is 6.08 Å². The first-order valence-electron chi connectivity index (χ1n) is 13.2. The van der Waals surface area contributed by atoms with E-state index in [9.17, 15) is 14.4 Å². The van der Waals surface area contributed by atoms with Gasteiger partial charge in [0.25, 0.3) is 11.8 Å². The molecular weight excluding hydrogens is 568 g/mol. The highest BCUT2D eigenvalue weighted by atomic mass is 35.5. The Morgan fingerprint density at radius 3 is 2.17 bits per heavy atom. The number of rotatable bonds is 10. The van der Waals surface area contributed by atoms with Crippen LogP contribution in [0, 0.1) is 0 Å². The van der Waals surface area contributed by atoms with Crippen LogP contribution in [-0.4, -0.2) is 37.1 Å². The Hall–Kier alpha value is -4.53. The summed E-state index contributed by atoms with van der Waals surface area (Å²) >= 11 is 7.29. The van der Waals surface area contributed by atoms with Crippen LogP contribution in [-0.2, 0) is 9.59 Å². The molecule has 0 fully saturated rings. The van der Waals surface area contributed by atoms with Crippen LogP contribution in [0.2, 0.25) is 5.02 Å². The van der Waals surface area contributed by atoms with E-state index in [1.165, 1.54) is 11.8 Å². The number of amides is 3. The van der Waals surface area contributed by atoms with E-state index in [4.69, 9.17) is 11.6 Å². The fourth-order valence-electron chi connectivity index (χ4n) is 3.86. The lowest BCUT2D eigenvalue weighted by molar-refractivity contribution is -0.115. The Balaban J connectivity index is 1.49. The molecule has 0 bridgehead atoms. The first-order chi connectivity index (χ1) is 20.2. The van der Waals surface area contributed by atoms with E-state index < -0.39 is 17.1 Å². The fraction of sp³-hybridized carbons (Fsp3) is 0.121. The first-order valence-corrected chi connectivity index (χ1v) is 14.4. The van der Waals surface area contributed by atoms with Gasteiger partial charge in [0.1, 0.15) is 5.70 Å². The predicted molar refractivity (Wildman–Crippen MR) is 173 cm³/mol. The number of carbonyl (C=O) groups excluding carboxylic acids is 3. The molecule has 4 rings (SSSR count). The lowest BCUT2D eigenvalue weighted by atomic mass is 10.1. The zero-order chi connectivity index (χ0) is 30.1. The van der Waals surface area contributed by atoms with Gasteiger partial charge in [-0.25, -0.2) is 0 Å². The normalized spacial score (nSPS) is 11.8. The van der Waals surface area contributed by atoms with E-state index in [0.29, 0.717) is 22.0 Å². The van der Waals surface area contributed by atoms with Gasteiger partial charge in [0.2, 0.25) is 5.91 Å². The van der Waals surface area contributed by atoms with Gasteiger partial charge in [-0.15, -0.1) is 11.8 Å². The van der Waals surface area contributed by atoms with Crippen LogP contribution in [0.4, 0.5) is 17.1 Å². The van der Waals surface area contributed by atoms with Crippen LogP contribution in [0.1, 0.15) is 22.8 Å². The summed E-state index contributed by atoms with van der Waals surface area (Å²) in [4.78, 5) is 41.9. The summed E-state index contributed by atoms with van der Waals surface area (Å²) in [6.45, 7) is 1.81. The van der Waals surface area contributed by atoms with Gasteiger partial charge in [0.05, 0.1) is 5.25 Å². The zero-order valence-corrected chi connectivity index (χ0v) is 25.0. The molecule has 0 aliphatic rings. The van der Waals surface area contributed by atoms with Crippen LogP contribution < -0.4 is 20.9 Å². The molecule has 0 radical (unpaired) electrons. The molecule has 0 saturated heterocycles. The first kappa shape index (κ1) is 30.4. The third-order valence-corrected chi connectivity index (χ3v) is 7.48. The van der Waals surface area contributed by atoms with Crippen molar-refractivity contribution in [2.75, 3.05) is 29.6 Å². The molecule has 0 aliphatic carbocycles. The van der Waals surface area contributed by atoms with Crippen molar-refractivity contribution in [2.45, 2.75) is 17.1 Å². The molecule has 3 N–H and O–H groups in total. The summed E-state index contributed by atoms with van der Waals surface area (Å²) in [6.07, 6.45) is 1.64. The van der Waals surface area contributed by atoms with Gasteiger partial charge in [-0.1, -0.05) is 48.0 Å². The second-order valence-corrected chi connectivity index (χ2v) is 11.5. The van der Waals surface area contributed by atoms with E-state index in [1.807, 2.05) is 62.3 Å². The number of thioether (sulfide) groups is 1. The second-order valence-electron chi connectivity index (χ2n) is 9.60. The molecule has 3 amide bonds. The maximum absolute atomic E-state index is 13.4. The van der Waals surface area contributed by atoms with Crippen molar-refractivity contribution in [2.24, 2.45) is 0 Å². The minimum Gasteiger partial charge on any atom is -0.378 e. The van der Waals surface area contributed by atoms with Crippen molar-refractivity contribution in [1.82, 2.24) is 5.32 Å². The van der Waals surface area contributed by atoms with Gasteiger partial charge in [-0.2, -0.15) is 0 Å². The van der Waals surface area contributed by atoms with Crippen molar-refractivity contribution in [3.05, 3.63) is 125 Å².